The number of ketones is 1. The number of hydrogen-bond donors (Lipinski definition) is 0. The Bertz CT molecular complexity index is 1190. The highest BCUT2D eigenvalue weighted by atomic mass is 16.5. The molecular formula is C28H32N2O5. The molecule has 0 radical (unpaired) electrons. The van der Waals surface area contributed by atoms with E-state index in [1.54, 1.807) is 38.7 Å². The van der Waals surface area contributed by atoms with Crippen LogP contribution in [0.25, 0.3) is 6.08 Å². The van der Waals surface area contributed by atoms with Crippen molar-refractivity contribution in [2.75, 3.05) is 27.2 Å². The second kappa shape index (κ2) is 8.26. The van der Waals surface area contributed by atoms with Crippen LogP contribution in [0.2, 0.25) is 0 Å². The van der Waals surface area contributed by atoms with Gasteiger partial charge in [0, 0.05) is 35.7 Å². The largest absolute Gasteiger partial charge is 0.493 e. The van der Waals surface area contributed by atoms with Crippen LogP contribution in [0.5, 0.6) is 11.5 Å². The van der Waals surface area contributed by atoms with Crippen LogP contribution in [-0.4, -0.2) is 66.9 Å². The topological polar surface area (TPSA) is 72.2 Å². The zero-order valence-corrected chi connectivity index (χ0v) is 20.5. The molecular weight excluding hydrogens is 444 g/mol. The van der Waals surface area contributed by atoms with Crippen LogP contribution in [0.4, 0.5) is 0 Å². The number of methoxy groups -OCH3 is 1. The molecule has 2 fully saturated rings. The van der Waals surface area contributed by atoms with Crippen LogP contribution in [0.3, 0.4) is 0 Å². The molecule has 184 valence electrons. The van der Waals surface area contributed by atoms with E-state index in [0.29, 0.717) is 18.5 Å². The Morgan fingerprint density at radius 2 is 2.14 bits per heavy atom. The van der Waals surface area contributed by atoms with Gasteiger partial charge >= 0.3 is 0 Å². The van der Waals surface area contributed by atoms with Crippen molar-refractivity contribution in [3.8, 4) is 11.5 Å². The summed E-state index contributed by atoms with van der Waals surface area (Å²) in [6.07, 6.45) is 10.2. The van der Waals surface area contributed by atoms with Crippen molar-refractivity contribution in [2.45, 2.75) is 56.2 Å². The molecule has 3 heterocycles. The number of nitrogens with zero attached hydrogens (tertiary/aromatic N) is 2. The van der Waals surface area contributed by atoms with Gasteiger partial charge in [0.05, 0.1) is 32.2 Å². The summed E-state index contributed by atoms with van der Waals surface area (Å²) in [5, 5.41) is 0. The maximum absolute atomic E-state index is 13.2. The molecule has 6 rings (SSSR count). The fraction of sp³-hybridized carbons (Fsp3) is 0.500. The SMILES string of the molecule is COc1ccc2c3c1O[C@H]1[C@H](N(C)C(=O)C=Cc4ccoc4)CC[C@H]4[C@@H](C2)N(CC(C)=O)CC[C@@]341. The van der Waals surface area contributed by atoms with Crippen LogP contribution >= 0.6 is 0 Å². The summed E-state index contributed by atoms with van der Waals surface area (Å²) in [6.45, 7) is 3.04. The number of carbonyl (C=O) groups is 2. The van der Waals surface area contributed by atoms with Gasteiger partial charge in [-0.25, -0.2) is 0 Å². The molecule has 35 heavy (non-hydrogen) atoms. The fourth-order valence-electron chi connectivity index (χ4n) is 7.45. The van der Waals surface area contributed by atoms with Gasteiger partial charge in [-0.05, 0) is 68.8 Å². The number of piperidine rings is 1. The molecule has 1 aromatic heterocycles. The number of hydrogen-bond acceptors (Lipinski definition) is 6. The first-order chi connectivity index (χ1) is 16.9. The molecule has 7 nitrogen and oxygen atoms in total. The number of Topliss-reactive ketones (excluding diaryl/α,β-unsaturated/α-hetero) is 1. The molecule has 2 aliphatic carbocycles. The maximum Gasteiger partial charge on any atom is 0.246 e. The highest BCUT2D eigenvalue weighted by Crippen LogP contribution is 2.64. The molecule has 1 spiro atoms. The van der Waals surface area contributed by atoms with Crippen molar-refractivity contribution in [1.29, 1.82) is 0 Å². The zero-order valence-electron chi connectivity index (χ0n) is 20.5. The number of rotatable bonds is 6. The van der Waals surface area contributed by atoms with E-state index in [1.165, 1.54) is 11.1 Å². The summed E-state index contributed by atoms with van der Waals surface area (Å²) in [4.78, 5) is 29.5. The summed E-state index contributed by atoms with van der Waals surface area (Å²) in [5.41, 5.74) is 3.29. The molecule has 2 aliphatic heterocycles. The fourth-order valence-corrected chi connectivity index (χ4v) is 7.45. The minimum Gasteiger partial charge on any atom is -0.493 e. The van der Waals surface area contributed by atoms with Crippen molar-refractivity contribution < 1.29 is 23.5 Å². The summed E-state index contributed by atoms with van der Waals surface area (Å²) in [6, 6.07) is 6.28. The Morgan fingerprint density at radius 3 is 2.89 bits per heavy atom. The molecule has 5 atom stereocenters. The first kappa shape index (κ1) is 22.4. The number of furan rings is 1. The molecule has 0 unspecified atom stereocenters. The van der Waals surface area contributed by atoms with Crippen molar-refractivity contribution in [2.24, 2.45) is 5.92 Å². The Kier molecular flexibility index (Phi) is 5.29. The van der Waals surface area contributed by atoms with Gasteiger partial charge in [-0.2, -0.15) is 0 Å². The summed E-state index contributed by atoms with van der Waals surface area (Å²) >= 11 is 0. The summed E-state index contributed by atoms with van der Waals surface area (Å²) in [7, 11) is 3.58. The number of benzene rings is 1. The molecule has 1 saturated carbocycles. The van der Waals surface area contributed by atoms with Crippen molar-refractivity contribution in [1.82, 2.24) is 9.80 Å². The predicted molar refractivity (Wildman–Crippen MR) is 130 cm³/mol. The van der Waals surface area contributed by atoms with Gasteiger partial charge < -0.3 is 18.8 Å². The molecule has 1 saturated heterocycles. The average molecular weight is 477 g/mol. The molecule has 1 amide bonds. The Morgan fingerprint density at radius 1 is 1.29 bits per heavy atom. The minimum absolute atomic E-state index is 0.0424. The third-order valence-corrected chi connectivity index (χ3v) is 8.84. The third kappa shape index (κ3) is 3.28. The standard InChI is InChI=1S/C28H32N2O5/c1-17(31)15-30-12-11-28-20-6-7-21(29(2)24(32)9-4-18-10-13-34-16-18)27(28)35-26-23(33-3)8-5-19(25(26)28)14-22(20)30/h4-5,8-10,13,16,20-22,27H,6-7,11-12,14-15H2,1-3H3/t20-,21+,22+,27-,28-/m0/s1. The Labute approximate surface area is 205 Å². The van der Waals surface area contributed by atoms with E-state index in [4.69, 9.17) is 13.9 Å². The van der Waals surface area contributed by atoms with Gasteiger partial charge in [-0.1, -0.05) is 6.07 Å². The molecule has 7 heteroatoms. The number of likely N-dealkylation sites (tertiary alicyclic amines) is 1. The number of carbonyl (C=O) groups excluding carboxylic acids is 2. The van der Waals surface area contributed by atoms with Crippen LogP contribution < -0.4 is 9.47 Å². The second-order valence-electron chi connectivity index (χ2n) is 10.5. The lowest BCUT2D eigenvalue weighted by Crippen LogP contribution is -2.69. The molecule has 2 aromatic rings. The van der Waals surface area contributed by atoms with Crippen molar-refractivity contribution >= 4 is 17.8 Å². The minimum atomic E-state index is -0.166. The van der Waals surface area contributed by atoms with Gasteiger partial charge in [-0.3, -0.25) is 14.5 Å². The molecule has 4 aliphatic rings. The smallest absolute Gasteiger partial charge is 0.246 e. The van der Waals surface area contributed by atoms with E-state index in [0.717, 1.165) is 49.3 Å². The monoisotopic (exact) mass is 476 g/mol. The van der Waals surface area contributed by atoms with E-state index in [2.05, 4.69) is 11.0 Å². The van der Waals surface area contributed by atoms with Gasteiger partial charge in [0.1, 0.15) is 11.9 Å². The van der Waals surface area contributed by atoms with Gasteiger partial charge in [0.2, 0.25) is 5.91 Å². The number of ether oxygens (including phenoxy) is 2. The molecule has 0 N–H and O–H groups in total. The second-order valence-corrected chi connectivity index (χ2v) is 10.5. The van der Waals surface area contributed by atoms with Gasteiger partial charge in [0.25, 0.3) is 0 Å². The quantitative estimate of drug-likeness (QED) is 0.595. The molecule has 2 bridgehead atoms. The van der Waals surface area contributed by atoms with Crippen LogP contribution in [0.1, 0.15) is 42.9 Å². The highest BCUT2D eigenvalue weighted by Gasteiger charge is 2.66. The first-order valence-electron chi connectivity index (χ1n) is 12.5. The third-order valence-electron chi connectivity index (χ3n) is 8.84. The van der Waals surface area contributed by atoms with Crippen LogP contribution in [-0.2, 0) is 21.4 Å². The summed E-state index contributed by atoms with van der Waals surface area (Å²) in [5.74, 6) is 2.19. The lowest BCUT2D eigenvalue weighted by atomic mass is 9.51. The van der Waals surface area contributed by atoms with Gasteiger partial charge in [-0.15, -0.1) is 0 Å². The van der Waals surface area contributed by atoms with E-state index >= 15 is 0 Å². The zero-order chi connectivity index (χ0) is 24.3. The van der Waals surface area contributed by atoms with Gasteiger partial charge in [0.15, 0.2) is 11.5 Å². The highest BCUT2D eigenvalue weighted by molar-refractivity contribution is 5.91. The maximum atomic E-state index is 13.2. The first-order valence-corrected chi connectivity index (χ1v) is 12.5. The van der Waals surface area contributed by atoms with E-state index in [1.807, 2.05) is 24.1 Å². The van der Waals surface area contributed by atoms with E-state index < -0.39 is 0 Å². The van der Waals surface area contributed by atoms with Crippen LogP contribution in [0.15, 0.2) is 41.2 Å². The van der Waals surface area contributed by atoms with E-state index in [-0.39, 0.29) is 29.3 Å². The Hall–Kier alpha value is -3.06. The lowest BCUT2D eigenvalue weighted by molar-refractivity contribution is -0.136. The number of likely N-dealkylation sites (N-methyl/N-ethyl adjacent to an activating group) is 1. The predicted octanol–water partition coefficient (Wildman–Crippen LogP) is 3.46. The van der Waals surface area contributed by atoms with Crippen LogP contribution in [0, 0.1) is 5.92 Å². The Balaban J connectivity index is 1.38. The van der Waals surface area contributed by atoms with E-state index in [9.17, 15) is 9.59 Å². The average Bonchev–Trinajstić information content (AvgIpc) is 3.49. The molecule has 1 aromatic carbocycles. The lowest BCUT2D eigenvalue weighted by Gasteiger charge is -2.60. The number of amides is 1. The van der Waals surface area contributed by atoms with Crippen molar-refractivity contribution in [3.63, 3.8) is 0 Å². The normalized spacial score (nSPS) is 30.6. The van der Waals surface area contributed by atoms with Crippen molar-refractivity contribution in [3.05, 3.63) is 53.5 Å². The summed E-state index contributed by atoms with van der Waals surface area (Å²) < 4.78 is 17.6.